The second-order valence-electron chi connectivity index (χ2n) is 26.9. The van der Waals surface area contributed by atoms with Crippen LogP contribution in [0.1, 0.15) is 0 Å². The maximum absolute atomic E-state index is 7.16. The van der Waals surface area contributed by atoms with Gasteiger partial charge in [-0.3, -0.25) is 0 Å². The first-order valence-corrected chi connectivity index (χ1v) is 33.4. The van der Waals surface area contributed by atoms with Gasteiger partial charge in [-0.1, -0.05) is 212 Å². The summed E-state index contributed by atoms with van der Waals surface area (Å²) in [5.41, 5.74) is 27.6. The van der Waals surface area contributed by atoms with Crippen LogP contribution in [-0.2, 0) is 0 Å². The highest BCUT2D eigenvalue weighted by Gasteiger charge is 2.47. The van der Waals surface area contributed by atoms with Gasteiger partial charge in [-0.25, -0.2) is 0 Å². The summed E-state index contributed by atoms with van der Waals surface area (Å²) in [6.45, 7) is -0.317. The molecule has 4 aromatic heterocycles. The van der Waals surface area contributed by atoms with E-state index in [0.717, 1.165) is 83.1 Å². The number of fused-ring (bicyclic) bond motifs is 28. The highest BCUT2D eigenvalue weighted by Crippen LogP contribution is 2.55. The largest absolute Gasteiger partial charge is 0.456 e. The van der Waals surface area contributed by atoms with Crippen molar-refractivity contribution in [3.63, 3.8) is 0 Å². The Bertz CT molecular complexity index is 7020. The lowest BCUT2D eigenvalue weighted by Crippen LogP contribution is -2.57. The van der Waals surface area contributed by atoms with E-state index in [1.807, 2.05) is 0 Å². The molecule has 0 bridgehead atoms. The van der Waals surface area contributed by atoms with Crippen LogP contribution in [0.25, 0.3) is 164 Å². The van der Waals surface area contributed by atoms with Gasteiger partial charge in [-0.15, -0.1) is 0 Å². The molecule has 8 heteroatoms. The number of para-hydroxylation sites is 5. The number of hydrogen-bond acceptors (Lipinski definition) is 4. The van der Waals surface area contributed by atoms with Crippen molar-refractivity contribution < 1.29 is 8.83 Å². The van der Waals surface area contributed by atoms with E-state index >= 15 is 0 Å². The van der Waals surface area contributed by atoms with Crippen molar-refractivity contribution in [3.05, 3.63) is 291 Å². The number of rotatable bonds is 3. The fourth-order valence-electron chi connectivity index (χ4n) is 18.6. The average molecular weight is 1220 g/mol. The predicted octanol–water partition coefficient (Wildman–Crippen LogP) is 20.8. The molecule has 0 saturated heterocycles. The molecule has 0 atom stereocenters. The zero-order chi connectivity index (χ0) is 61.9. The van der Waals surface area contributed by atoms with Gasteiger partial charge < -0.3 is 27.6 Å². The zero-order valence-corrected chi connectivity index (χ0v) is 51.5. The molecule has 0 aliphatic carbocycles. The molecule has 6 nitrogen and oxygen atoms in total. The van der Waals surface area contributed by atoms with Gasteiger partial charge in [-0.05, 0) is 144 Å². The van der Waals surface area contributed by atoms with Gasteiger partial charge in [0.25, 0.3) is 0 Å². The molecule has 0 spiro atoms. The first kappa shape index (κ1) is 50.1. The fraction of sp³-hybridized carbons (Fsp3) is 0. The first-order chi connectivity index (χ1) is 47.6. The van der Waals surface area contributed by atoms with Crippen molar-refractivity contribution in [2.24, 2.45) is 0 Å². The van der Waals surface area contributed by atoms with Gasteiger partial charge in [0, 0.05) is 121 Å². The smallest absolute Gasteiger partial charge is 0.333 e. The van der Waals surface area contributed by atoms with Gasteiger partial charge in [0.05, 0.1) is 11.4 Å². The Morgan fingerprint density at radius 3 is 1.72 bits per heavy atom. The molecule has 0 radical (unpaired) electrons. The number of aromatic nitrogens is 2. The summed E-state index contributed by atoms with van der Waals surface area (Å²) in [7, 11) is 0. The highest BCUT2D eigenvalue weighted by atomic mass is 16.3. The molecule has 96 heavy (non-hydrogen) atoms. The van der Waals surface area contributed by atoms with E-state index < -0.39 is 0 Å². The second-order valence-corrected chi connectivity index (χ2v) is 26.9. The van der Waals surface area contributed by atoms with Gasteiger partial charge in [-0.2, -0.15) is 0 Å². The van der Waals surface area contributed by atoms with E-state index in [1.165, 1.54) is 137 Å². The molecule has 24 rings (SSSR count). The zero-order valence-electron chi connectivity index (χ0n) is 51.5. The van der Waals surface area contributed by atoms with Crippen LogP contribution in [0.4, 0.5) is 34.1 Å². The average Bonchev–Trinajstić information content (AvgIpc) is 1.37. The minimum Gasteiger partial charge on any atom is -0.456 e. The normalized spacial score (nSPS) is 13.5. The van der Waals surface area contributed by atoms with Crippen LogP contribution in [0, 0.1) is 0 Å². The van der Waals surface area contributed by atoms with Gasteiger partial charge in [0.15, 0.2) is 0 Å². The predicted molar refractivity (Wildman–Crippen MR) is 404 cm³/mol. The third-order valence-electron chi connectivity index (χ3n) is 22.3. The Labute approximate surface area is 549 Å². The SMILES string of the molecule is c1ccc2c(N3c4cc5oc6ccccc6c5c5c4B(c4ccc6ccccc6c43)n3c4ccccc4c4cc(-c6ccc7ccc(N8c9cc%10c(oc%11ccccc%11%10)c%10c9B(c9c8ccc8ccccc98)n8c9ccccc9c9cccc-%10c98)cc7c6)cc-5c43)cccc2c1. The molecule has 4 aliphatic heterocycles. The molecular formula is C88H48B2N4O2. The summed E-state index contributed by atoms with van der Waals surface area (Å²) in [5, 5.41) is 19.1. The van der Waals surface area contributed by atoms with Gasteiger partial charge in [0.1, 0.15) is 22.3 Å². The Kier molecular flexibility index (Phi) is 9.28. The standard InChI is InChI=1S/C88H48B2N4O2/c1-4-21-57-50(17-1)20-15-32-70(57)92-75-48-78-79(64-27-10-14-34-77(64)95-78)80-68-46-55(45-66-61-25-8-12-31-72(61)93(86(66)68)89(83(75)80)69-41-38-52-19-3-6-23-59(52)87(69)92)53-36-35-49-37-40-56(44-54(49)43-53)91-73-42-39-51-18-2-5-22-58(51)82(73)90-84-74(91)47-67-62-26-9-13-33-76(62)96-88(67)81(84)65-29-16-28-63-60-24-7-11-30-71(60)94(90)85(63)65/h1-48H. The molecule has 0 saturated carbocycles. The minimum atomic E-state index is -0.163. The van der Waals surface area contributed by atoms with E-state index in [-0.39, 0.29) is 13.7 Å². The molecule has 4 aliphatic rings. The van der Waals surface area contributed by atoms with Gasteiger partial charge in [0.2, 0.25) is 0 Å². The van der Waals surface area contributed by atoms with Gasteiger partial charge >= 0.3 is 13.7 Å². The lowest BCUT2D eigenvalue weighted by atomic mass is 9.44. The summed E-state index contributed by atoms with van der Waals surface area (Å²) in [5.74, 6) is 0. The monoisotopic (exact) mass is 1210 g/mol. The molecule has 0 unspecified atom stereocenters. The molecule has 0 N–H and O–H groups in total. The third-order valence-corrected chi connectivity index (χ3v) is 22.3. The molecule has 8 heterocycles. The number of hydrogen-bond donors (Lipinski definition) is 0. The number of furan rings is 2. The summed E-state index contributed by atoms with van der Waals surface area (Å²) in [4.78, 5) is 5.15. The van der Waals surface area contributed by atoms with Crippen LogP contribution in [0.5, 0.6) is 0 Å². The van der Waals surface area contributed by atoms with Crippen molar-refractivity contribution in [3.8, 4) is 33.4 Å². The van der Waals surface area contributed by atoms with Crippen LogP contribution >= 0.6 is 0 Å². The Morgan fingerprint density at radius 1 is 0.281 bits per heavy atom. The lowest BCUT2D eigenvalue weighted by molar-refractivity contribution is 0.669. The van der Waals surface area contributed by atoms with E-state index in [4.69, 9.17) is 8.83 Å². The van der Waals surface area contributed by atoms with Crippen LogP contribution in [0.2, 0.25) is 0 Å². The lowest BCUT2D eigenvalue weighted by Gasteiger charge is -2.41. The molecule has 0 amide bonds. The molecule has 16 aromatic carbocycles. The van der Waals surface area contributed by atoms with Crippen molar-refractivity contribution in [2.45, 2.75) is 0 Å². The quantitative estimate of drug-likeness (QED) is 0.165. The summed E-state index contributed by atoms with van der Waals surface area (Å²) < 4.78 is 19.7. The van der Waals surface area contributed by atoms with Crippen LogP contribution in [0.15, 0.2) is 300 Å². The van der Waals surface area contributed by atoms with Crippen molar-refractivity contribution >= 4 is 200 Å². The van der Waals surface area contributed by atoms with E-state index in [0.29, 0.717) is 0 Å². The maximum atomic E-state index is 7.16. The Balaban J connectivity index is 0.770. The number of nitrogens with zero attached hydrogens (tertiary/aromatic N) is 4. The summed E-state index contributed by atoms with van der Waals surface area (Å²) in [6.07, 6.45) is 0. The topological polar surface area (TPSA) is 42.6 Å². The molecule has 20 aromatic rings. The van der Waals surface area contributed by atoms with E-state index in [2.05, 4.69) is 310 Å². The molecular weight excluding hydrogens is 1170 g/mol. The molecule has 0 fully saturated rings. The fourth-order valence-corrected chi connectivity index (χ4v) is 18.6. The van der Waals surface area contributed by atoms with Crippen molar-refractivity contribution in [2.75, 3.05) is 9.80 Å². The maximum Gasteiger partial charge on any atom is 0.333 e. The summed E-state index contributed by atoms with van der Waals surface area (Å²) in [6, 6.07) is 109. The summed E-state index contributed by atoms with van der Waals surface area (Å²) >= 11 is 0. The van der Waals surface area contributed by atoms with E-state index in [1.54, 1.807) is 0 Å². The Morgan fingerprint density at radius 2 is 0.885 bits per heavy atom. The van der Waals surface area contributed by atoms with Crippen LogP contribution < -0.4 is 31.7 Å². The number of benzene rings is 16. The first-order valence-electron chi connectivity index (χ1n) is 33.4. The number of anilines is 6. The van der Waals surface area contributed by atoms with Crippen LogP contribution in [-0.4, -0.2) is 22.7 Å². The Hall–Kier alpha value is -12.5. The van der Waals surface area contributed by atoms with E-state index in [9.17, 15) is 0 Å². The minimum absolute atomic E-state index is 0.154. The van der Waals surface area contributed by atoms with Crippen molar-refractivity contribution in [1.29, 1.82) is 0 Å². The molecule has 438 valence electrons. The second kappa shape index (κ2) is 17.8. The third kappa shape index (κ3) is 6.17. The highest BCUT2D eigenvalue weighted by molar-refractivity contribution is 6.92. The van der Waals surface area contributed by atoms with Crippen molar-refractivity contribution in [1.82, 2.24) is 8.96 Å². The van der Waals surface area contributed by atoms with Crippen LogP contribution in [0.3, 0.4) is 0 Å².